The van der Waals surface area contributed by atoms with Gasteiger partial charge in [0.2, 0.25) is 0 Å². The highest BCUT2D eigenvalue weighted by molar-refractivity contribution is 6.10. The summed E-state index contributed by atoms with van der Waals surface area (Å²) in [5.74, 6) is -0.892. The second-order valence-corrected chi connectivity index (χ2v) is 9.33. The third-order valence-corrected chi connectivity index (χ3v) is 5.47. The Morgan fingerprint density at radius 3 is 2.40 bits per heavy atom. The van der Waals surface area contributed by atoms with Gasteiger partial charge in [-0.15, -0.1) is 0 Å². The Hall–Kier alpha value is -2.67. The van der Waals surface area contributed by atoms with Crippen LogP contribution in [0.15, 0.2) is 24.4 Å². The van der Waals surface area contributed by atoms with E-state index in [1.165, 1.54) is 13.3 Å². The normalized spacial score (nSPS) is 18.1. The number of rotatable bonds is 5. The van der Waals surface area contributed by atoms with Crippen molar-refractivity contribution >= 4 is 28.5 Å². The smallest absolute Gasteiger partial charge is 0.341 e. The number of nitrogens with two attached hydrogens (primary N) is 1. The van der Waals surface area contributed by atoms with Gasteiger partial charge < -0.3 is 20.1 Å². The number of hydrogen-bond acceptors (Lipinski definition) is 6. The fraction of sp³-hybridized carbons (Fsp3) is 0.522. The lowest BCUT2D eigenvalue weighted by molar-refractivity contribution is -0.787. The molecule has 7 heteroatoms. The lowest BCUT2D eigenvalue weighted by Gasteiger charge is -2.43. The number of benzene rings is 1. The highest BCUT2D eigenvalue weighted by atomic mass is 16.5. The molecular weight excluding hydrogens is 382 g/mol. The zero-order valence-corrected chi connectivity index (χ0v) is 18.7. The molecule has 0 saturated carbocycles. The molecule has 1 aliphatic heterocycles. The van der Waals surface area contributed by atoms with E-state index in [9.17, 15) is 9.59 Å². The van der Waals surface area contributed by atoms with Crippen LogP contribution in [0.1, 0.15) is 68.2 Å². The van der Waals surface area contributed by atoms with Gasteiger partial charge in [-0.05, 0) is 40.7 Å². The van der Waals surface area contributed by atoms with Gasteiger partial charge in [-0.1, -0.05) is 12.1 Å². The summed E-state index contributed by atoms with van der Waals surface area (Å²) in [6.45, 7) is 11.0. The van der Waals surface area contributed by atoms with Gasteiger partial charge in [0, 0.05) is 30.5 Å². The Bertz CT molecular complexity index is 952. The maximum absolute atomic E-state index is 12.7. The van der Waals surface area contributed by atoms with E-state index in [0.717, 1.165) is 12.8 Å². The minimum Gasteiger partial charge on any atom is -0.465 e. The zero-order valence-electron chi connectivity index (χ0n) is 18.7. The molecule has 7 nitrogen and oxygen atoms in total. The number of nitrogens with zero attached hydrogens (tertiary/aromatic N) is 1. The lowest BCUT2D eigenvalue weighted by Crippen LogP contribution is -3.06. The molecule has 0 aliphatic carbocycles. The number of aromatic nitrogens is 1. The highest BCUT2D eigenvalue weighted by Crippen LogP contribution is 2.32. The van der Waals surface area contributed by atoms with Gasteiger partial charge in [-0.25, -0.2) is 9.59 Å². The van der Waals surface area contributed by atoms with Crippen molar-refractivity contribution in [3.05, 3.63) is 35.5 Å². The van der Waals surface area contributed by atoms with E-state index in [1.807, 2.05) is 6.07 Å². The first-order chi connectivity index (χ1) is 14.1. The minimum absolute atomic E-state index is 0.0590. The van der Waals surface area contributed by atoms with Crippen molar-refractivity contribution in [2.45, 2.75) is 64.6 Å². The molecule has 1 aromatic heterocycles. The van der Waals surface area contributed by atoms with Crippen LogP contribution in [0.25, 0.3) is 10.9 Å². The molecule has 1 saturated heterocycles. The fourth-order valence-corrected chi connectivity index (χ4v) is 4.84. The molecule has 1 aromatic carbocycles. The van der Waals surface area contributed by atoms with Crippen molar-refractivity contribution in [3.8, 4) is 0 Å². The number of ether oxygens (including phenoxy) is 2. The maximum atomic E-state index is 12.7. The Balaban J connectivity index is 2.13. The molecule has 2 heterocycles. The first-order valence-electron chi connectivity index (χ1n) is 10.4. The van der Waals surface area contributed by atoms with Gasteiger partial charge in [-0.2, -0.15) is 0 Å². The second-order valence-electron chi connectivity index (χ2n) is 9.33. The summed E-state index contributed by atoms with van der Waals surface area (Å²) in [6, 6.07) is 5.47. The SMILES string of the molecule is CCOC(=O)c1cnc2c(C(=O)OC)cccc2c1NC1CC(C)(C)[NH2+]C(C)(C)C1. The summed E-state index contributed by atoms with van der Waals surface area (Å²) in [4.78, 5) is 29.3. The number of methoxy groups -OCH3 is 1. The lowest BCUT2D eigenvalue weighted by atomic mass is 9.79. The Morgan fingerprint density at radius 2 is 1.80 bits per heavy atom. The summed E-state index contributed by atoms with van der Waals surface area (Å²) in [7, 11) is 1.34. The van der Waals surface area contributed by atoms with Crippen LogP contribution in [-0.2, 0) is 9.47 Å². The van der Waals surface area contributed by atoms with Crippen molar-refractivity contribution < 1.29 is 24.4 Å². The summed E-state index contributed by atoms with van der Waals surface area (Å²) in [5, 5.41) is 6.72. The van der Waals surface area contributed by atoms with E-state index in [-0.39, 0.29) is 23.7 Å². The average molecular weight is 415 g/mol. The molecule has 0 unspecified atom stereocenters. The van der Waals surface area contributed by atoms with Crippen molar-refractivity contribution in [1.29, 1.82) is 0 Å². The molecule has 3 rings (SSSR count). The highest BCUT2D eigenvalue weighted by Gasteiger charge is 2.42. The summed E-state index contributed by atoms with van der Waals surface area (Å²) < 4.78 is 10.2. The molecule has 162 valence electrons. The second kappa shape index (κ2) is 8.22. The van der Waals surface area contributed by atoms with Crippen LogP contribution in [0, 0.1) is 0 Å². The number of piperidine rings is 1. The number of nitrogens with one attached hydrogen (secondary N) is 1. The fourth-order valence-electron chi connectivity index (χ4n) is 4.84. The number of hydrogen-bond donors (Lipinski definition) is 2. The molecule has 0 spiro atoms. The number of fused-ring (bicyclic) bond motifs is 1. The third-order valence-electron chi connectivity index (χ3n) is 5.47. The predicted octanol–water partition coefficient (Wildman–Crippen LogP) is 2.89. The van der Waals surface area contributed by atoms with Crippen LogP contribution in [0.4, 0.5) is 5.69 Å². The third kappa shape index (κ3) is 4.56. The van der Waals surface area contributed by atoms with Crippen LogP contribution in [0.5, 0.6) is 0 Å². The number of carbonyl (C=O) groups is 2. The number of esters is 2. The number of carbonyl (C=O) groups excluding carboxylic acids is 2. The number of pyridine rings is 1. The predicted molar refractivity (Wildman–Crippen MR) is 116 cm³/mol. The van der Waals surface area contributed by atoms with Crippen molar-refractivity contribution in [2.75, 3.05) is 19.0 Å². The van der Waals surface area contributed by atoms with Crippen molar-refractivity contribution in [2.24, 2.45) is 0 Å². The number of anilines is 1. The minimum atomic E-state index is -0.461. The van der Waals surface area contributed by atoms with Crippen LogP contribution < -0.4 is 10.6 Å². The van der Waals surface area contributed by atoms with Crippen LogP contribution in [0.2, 0.25) is 0 Å². The molecule has 0 atom stereocenters. The quantitative estimate of drug-likeness (QED) is 0.731. The molecule has 1 aliphatic rings. The van der Waals surface area contributed by atoms with Gasteiger partial charge in [0.25, 0.3) is 0 Å². The maximum Gasteiger partial charge on any atom is 0.341 e. The van der Waals surface area contributed by atoms with E-state index in [0.29, 0.717) is 27.7 Å². The van der Waals surface area contributed by atoms with Crippen molar-refractivity contribution in [3.63, 3.8) is 0 Å². The molecule has 1 fully saturated rings. The Morgan fingerprint density at radius 1 is 1.13 bits per heavy atom. The largest absolute Gasteiger partial charge is 0.465 e. The van der Waals surface area contributed by atoms with Crippen molar-refractivity contribution in [1.82, 2.24) is 4.98 Å². The monoisotopic (exact) mass is 414 g/mol. The average Bonchev–Trinajstić information content (AvgIpc) is 2.64. The first kappa shape index (κ1) is 22.0. The standard InChI is InChI=1S/C23H31N3O4/c1-7-30-21(28)17-13-24-18-15(9-8-10-16(18)20(27)29-6)19(17)25-14-11-22(2,3)26-23(4,5)12-14/h8-10,13-14,26H,7,11-12H2,1-6H3,(H,24,25)/p+1. The molecule has 3 N–H and O–H groups in total. The van der Waals surface area contributed by atoms with E-state index in [1.54, 1.807) is 19.1 Å². The zero-order chi connectivity index (χ0) is 22.1. The Kier molecular flexibility index (Phi) is 6.04. The summed E-state index contributed by atoms with van der Waals surface area (Å²) >= 11 is 0. The number of para-hydroxylation sites is 1. The van der Waals surface area contributed by atoms with E-state index in [2.05, 4.69) is 43.3 Å². The number of quaternary nitrogens is 1. The van der Waals surface area contributed by atoms with Crippen LogP contribution >= 0.6 is 0 Å². The van der Waals surface area contributed by atoms with Gasteiger partial charge in [0.05, 0.1) is 41.6 Å². The van der Waals surface area contributed by atoms with Crippen LogP contribution in [0.3, 0.4) is 0 Å². The molecule has 0 amide bonds. The van der Waals surface area contributed by atoms with Gasteiger partial charge in [0.15, 0.2) is 0 Å². The van der Waals surface area contributed by atoms with Gasteiger partial charge >= 0.3 is 11.9 Å². The molecule has 30 heavy (non-hydrogen) atoms. The topological polar surface area (TPSA) is 94.1 Å². The van der Waals surface area contributed by atoms with E-state index >= 15 is 0 Å². The summed E-state index contributed by atoms with van der Waals surface area (Å²) in [6.07, 6.45) is 3.35. The molecular formula is C23H32N3O4+. The summed E-state index contributed by atoms with van der Waals surface area (Å²) in [5.41, 5.74) is 2.01. The van der Waals surface area contributed by atoms with Crippen LogP contribution in [-0.4, -0.2) is 47.8 Å². The first-order valence-corrected chi connectivity index (χ1v) is 10.4. The molecule has 0 bridgehead atoms. The van der Waals surface area contributed by atoms with E-state index < -0.39 is 11.9 Å². The molecule has 2 aromatic rings. The Labute approximate surface area is 177 Å². The van der Waals surface area contributed by atoms with E-state index in [4.69, 9.17) is 9.47 Å². The van der Waals surface area contributed by atoms with Gasteiger partial charge in [0.1, 0.15) is 5.56 Å². The molecule has 0 radical (unpaired) electrons. The van der Waals surface area contributed by atoms with Gasteiger partial charge in [-0.3, -0.25) is 4.98 Å².